The normalized spacial score (nSPS) is 16.1. The smallest absolute Gasteiger partial charge is 0.163 e. The lowest BCUT2D eigenvalue weighted by Crippen LogP contribution is -2.36. The molecule has 0 N–H and O–H groups in total. The Morgan fingerprint density at radius 1 is 1.22 bits per heavy atom. The van der Waals surface area contributed by atoms with Gasteiger partial charge in [-0.1, -0.05) is 13.8 Å². The molecule has 0 spiro atoms. The van der Waals surface area contributed by atoms with E-state index in [-0.39, 0.29) is 5.78 Å². The van der Waals surface area contributed by atoms with Crippen LogP contribution in [0.25, 0.3) is 0 Å². The summed E-state index contributed by atoms with van der Waals surface area (Å²) in [6, 6.07) is 7.96. The van der Waals surface area contributed by atoms with Crippen molar-refractivity contribution >= 4 is 11.5 Å². The van der Waals surface area contributed by atoms with E-state index in [4.69, 9.17) is 4.74 Å². The van der Waals surface area contributed by atoms with Gasteiger partial charge in [0, 0.05) is 30.8 Å². The third-order valence-electron chi connectivity index (χ3n) is 3.16. The van der Waals surface area contributed by atoms with Crippen LogP contribution in [0.3, 0.4) is 0 Å². The zero-order valence-electron chi connectivity index (χ0n) is 11.2. The molecule has 0 bridgehead atoms. The van der Waals surface area contributed by atoms with E-state index in [9.17, 15) is 4.79 Å². The van der Waals surface area contributed by atoms with Crippen molar-refractivity contribution in [1.82, 2.24) is 0 Å². The quantitative estimate of drug-likeness (QED) is 0.766. The van der Waals surface area contributed by atoms with Crippen LogP contribution in [0.5, 0.6) is 0 Å². The molecule has 2 rings (SSSR count). The summed E-state index contributed by atoms with van der Waals surface area (Å²) in [6.45, 7) is 7.57. The van der Waals surface area contributed by atoms with E-state index in [1.165, 1.54) is 5.69 Å². The third kappa shape index (κ3) is 3.33. The molecule has 0 atom stereocenters. The van der Waals surface area contributed by atoms with Crippen LogP contribution < -0.4 is 4.90 Å². The molecule has 0 aromatic heterocycles. The van der Waals surface area contributed by atoms with Crippen molar-refractivity contribution in [3.63, 3.8) is 0 Å². The molecule has 1 fully saturated rings. The molecule has 1 aromatic rings. The van der Waals surface area contributed by atoms with Gasteiger partial charge in [0.2, 0.25) is 0 Å². The summed E-state index contributed by atoms with van der Waals surface area (Å²) >= 11 is 0. The molecule has 1 aromatic carbocycles. The molecule has 0 radical (unpaired) electrons. The summed E-state index contributed by atoms with van der Waals surface area (Å²) < 4.78 is 5.33. The molecule has 3 heteroatoms. The second-order valence-electron chi connectivity index (χ2n) is 5.17. The highest BCUT2D eigenvalue weighted by Gasteiger charge is 2.12. The number of morpholine rings is 1. The highest BCUT2D eigenvalue weighted by Crippen LogP contribution is 2.18. The fourth-order valence-corrected chi connectivity index (χ4v) is 2.17. The Kier molecular flexibility index (Phi) is 4.37. The van der Waals surface area contributed by atoms with Gasteiger partial charge in [0.1, 0.15) is 0 Å². The Morgan fingerprint density at radius 3 is 2.39 bits per heavy atom. The van der Waals surface area contributed by atoms with E-state index < -0.39 is 0 Å². The van der Waals surface area contributed by atoms with Gasteiger partial charge in [-0.15, -0.1) is 0 Å². The summed E-state index contributed by atoms with van der Waals surface area (Å²) in [4.78, 5) is 14.2. The molecule has 0 amide bonds. The van der Waals surface area contributed by atoms with E-state index in [0.717, 1.165) is 31.9 Å². The molecule has 3 nitrogen and oxygen atoms in total. The van der Waals surface area contributed by atoms with Gasteiger partial charge in [-0.2, -0.15) is 0 Å². The maximum Gasteiger partial charge on any atom is 0.163 e. The van der Waals surface area contributed by atoms with E-state index in [1.54, 1.807) is 0 Å². The van der Waals surface area contributed by atoms with Crippen LogP contribution in [0.2, 0.25) is 0 Å². The van der Waals surface area contributed by atoms with Crippen LogP contribution in [-0.2, 0) is 4.74 Å². The van der Waals surface area contributed by atoms with Crippen molar-refractivity contribution in [2.75, 3.05) is 31.2 Å². The number of Topliss-reactive ketones (excluding diaryl/α,β-unsaturated/α-hetero) is 1. The second kappa shape index (κ2) is 6.01. The van der Waals surface area contributed by atoms with Gasteiger partial charge in [-0.25, -0.2) is 0 Å². The monoisotopic (exact) mass is 247 g/mol. The minimum atomic E-state index is 0.235. The van der Waals surface area contributed by atoms with Crippen LogP contribution >= 0.6 is 0 Å². The van der Waals surface area contributed by atoms with Gasteiger partial charge in [0.05, 0.1) is 13.2 Å². The average molecular weight is 247 g/mol. The number of nitrogens with zero attached hydrogens (tertiary/aromatic N) is 1. The zero-order chi connectivity index (χ0) is 13.0. The minimum absolute atomic E-state index is 0.235. The van der Waals surface area contributed by atoms with Gasteiger partial charge in [-0.05, 0) is 30.2 Å². The largest absolute Gasteiger partial charge is 0.378 e. The number of ether oxygens (including phenoxy) is 1. The lowest BCUT2D eigenvalue weighted by atomic mass is 10.0. The van der Waals surface area contributed by atoms with Gasteiger partial charge in [0.15, 0.2) is 5.78 Å². The Labute approximate surface area is 109 Å². The zero-order valence-corrected chi connectivity index (χ0v) is 11.2. The Bertz CT molecular complexity index is 391. The average Bonchev–Trinajstić information content (AvgIpc) is 2.39. The SMILES string of the molecule is CC(C)CC(=O)c1ccc(N2CCOCC2)cc1. The van der Waals surface area contributed by atoms with Gasteiger partial charge < -0.3 is 9.64 Å². The summed E-state index contributed by atoms with van der Waals surface area (Å²) in [6.07, 6.45) is 0.622. The first-order valence-electron chi connectivity index (χ1n) is 6.63. The van der Waals surface area contributed by atoms with Crippen LogP contribution in [0.4, 0.5) is 5.69 Å². The fourth-order valence-electron chi connectivity index (χ4n) is 2.17. The van der Waals surface area contributed by atoms with Crippen molar-refractivity contribution in [3.05, 3.63) is 29.8 Å². The number of anilines is 1. The maximum atomic E-state index is 11.9. The molecular formula is C15H21NO2. The molecular weight excluding hydrogens is 226 g/mol. The summed E-state index contributed by atoms with van der Waals surface area (Å²) in [5.41, 5.74) is 2.00. The fraction of sp³-hybridized carbons (Fsp3) is 0.533. The molecule has 1 aliphatic heterocycles. The maximum absolute atomic E-state index is 11.9. The van der Waals surface area contributed by atoms with Crippen LogP contribution in [-0.4, -0.2) is 32.1 Å². The molecule has 1 saturated heterocycles. The molecule has 1 heterocycles. The molecule has 1 aliphatic rings. The van der Waals surface area contributed by atoms with E-state index in [0.29, 0.717) is 12.3 Å². The lowest BCUT2D eigenvalue weighted by molar-refractivity contribution is 0.0968. The molecule has 0 aliphatic carbocycles. The Hall–Kier alpha value is -1.35. The standard InChI is InChI=1S/C15H21NO2/c1-12(2)11-15(17)13-3-5-14(6-4-13)16-7-9-18-10-8-16/h3-6,12H,7-11H2,1-2H3. The third-order valence-corrected chi connectivity index (χ3v) is 3.16. The number of carbonyl (C=O) groups is 1. The first-order valence-corrected chi connectivity index (χ1v) is 6.63. The first-order chi connectivity index (χ1) is 8.66. The van der Waals surface area contributed by atoms with Crippen molar-refractivity contribution < 1.29 is 9.53 Å². The van der Waals surface area contributed by atoms with Crippen LogP contribution in [0.1, 0.15) is 30.6 Å². The Morgan fingerprint density at radius 2 is 1.83 bits per heavy atom. The van der Waals surface area contributed by atoms with Crippen molar-refractivity contribution in [3.8, 4) is 0 Å². The summed E-state index contributed by atoms with van der Waals surface area (Å²) in [5, 5.41) is 0. The van der Waals surface area contributed by atoms with Crippen molar-refractivity contribution in [1.29, 1.82) is 0 Å². The van der Waals surface area contributed by atoms with E-state index in [1.807, 2.05) is 24.3 Å². The number of hydrogen-bond acceptors (Lipinski definition) is 3. The highest BCUT2D eigenvalue weighted by atomic mass is 16.5. The summed E-state index contributed by atoms with van der Waals surface area (Å²) in [7, 11) is 0. The van der Waals surface area contributed by atoms with Crippen molar-refractivity contribution in [2.24, 2.45) is 5.92 Å². The van der Waals surface area contributed by atoms with Gasteiger partial charge >= 0.3 is 0 Å². The predicted octanol–water partition coefficient (Wildman–Crippen LogP) is 2.75. The van der Waals surface area contributed by atoms with Crippen LogP contribution in [0, 0.1) is 5.92 Å². The Balaban J connectivity index is 2.02. The van der Waals surface area contributed by atoms with Gasteiger partial charge in [-0.3, -0.25) is 4.79 Å². The first kappa shape index (κ1) is 13.1. The molecule has 0 saturated carbocycles. The number of carbonyl (C=O) groups excluding carboxylic acids is 1. The van der Waals surface area contributed by atoms with Gasteiger partial charge in [0.25, 0.3) is 0 Å². The number of ketones is 1. The molecule has 0 unspecified atom stereocenters. The topological polar surface area (TPSA) is 29.5 Å². The number of hydrogen-bond donors (Lipinski definition) is 0. The van der Waals surface area contributed by atoms with Crippen LogP contribution in [0.15, 0.2) is 24.3 Å². The molecule has 98 valence electrons. The second-order valence-corrected chi connectivity index (χ2v) is 5.17. The number of benzene rings is 1. The van der Waals surface area contributed by atoms with Crippen molar-refractivity contribution in [2.45, 2.75) is 20.3 Å². The van der Waals surface area contributed by atoms with E-state index in [2.05, 4.69) is 18.7 Å². The minimum Gasteiger partial charge on any atom is -0.378 e. The summed E-state index contributed by atoms with van der Waals surface area (Å²) in [5.74, 6) is 0.648. The highest BCUT2D eigenvalue weighted by molar-refractivity contribution is 5.96. The van der Waals surface area contributed by atoms with E-state index >= 15 is 0 Å². The number of rotatable bonds is 4. The molecule has 18 heavy (non-hydrogen) atoms. The predicted molar refractivity (Wildman–Crippen MR) is 73.3 cm³/mol. The lowest BCUT2D eigenvalue weighted by Gasteiger charge is -2.28.